The normalized spacial score (nSPS) is 11.7. The average molecular weight is 338 g/mol. The molecule has 0 saturated carbocycles. The van der Waals surface area contributed by atoms with Crippen molar-refractivity contribution >= 4 is 11.8 Å². The second-order valence-corrected chi connectivity index (χ2v) is 6.64. The minimum Gasteiger partial charge on any atom is -0.352 e. The number of aryl methyl sites for hydroxylation is 3. The van der Waals surface area contributed by atoms with E-state index in [0.717, 1.165) is 11.1 Å². The van der Waals surface area contributed by atoms with Crippen LogP contribution in [-0.4, -0.2) is 24.4 Å². The van der Waals surface area contributed by atoms with E-state index in [1.807, 2.05) is 57.2 Å². The Bertz CT molecular complexity index is 768. The van der Waals surface area contributed by atoms with Gasteiger partial charge in [-0.15, -0.1) is 0 Å². The highest BCUT2D eigenvalue weighted by molar-refractivity contribution is 5.94. The van der Waals surface area contributed by atoms with Crippen molar-refractivity contribution in [3.05, 3.63) is 70.3 Å². The lowest BCUT2D eigenvalue weighted by molar-refractivity contribution is -0.121. The maximum absolute atomic E-state index is 12.2. The topological polar surface area (TPSA) is 58.2 Å². The van der Waals surface area contributed by atoms with Crippen molar-refractivity contribution in [2.24, 2.45) is 0 Å². The highest BCUT2D eigenvalue weighted by Crippen LogP contribution is 2.10. The minimum absolute atomic E-state index is 0.0412. The van der Waals surface area contributed by atoms with E-state index >= 15 is 0 Å². The summed E-state index contributed by atoms with van der Waals surface area (Å²) in [5.74, 6) is -0.167. The van der Waals surface area contributed by atoms with E-state index in [1.54, 1.807) is 6.07 Å². The lowest BCUT2D eigenvalue weighted by atomic mass is 10.0. The van der Waals surface area contributed by atoms with Crippen LogP contribution < -0.4 is 10.6 Å². The smallest absolute Gasteiger partial charge is 0.251 e. The summed E-state index contributed by atoms with van der Waals surface area (Å²) in [6.45, 7) is 8.32. The van der Waals surface area contributed by atoms with Crippen LogP contribution in [-0.2, 0) is 11.2 Å². The maximum Gasteiger partial charge on any atom is 0.251 e. The Morgan fingerprint density at radius 1 is 1.00 bits per heavy atom. The van der Waals surface area contributed by atoms with Gasteiger partial charge in [0, 0.05) is 18.2 Å². The van der Waals surface area contributed by atoms with Crippen LogP contribution in [0.15, 0.2) is 42.5 Å². The van der Waals surface area contributed by atoms with E-state index in [4.69, 9.17) is 0 Å². The molecule has 0 saturated heterocycles. The Morgan fingerprint density at radius 3 is 2.44 bits per heavy atom. The molecule has 2 N–H and O–H groups in total. The maximum atomic E-state index is 12.2. The molecule has 1 atom stereocenters. The molecule has 0 heterocycles. The van der Waals surface area contributed by atoms with E-state index in [9.17, 15) is 9.59 Å². The van der Waals surface area contributed by atoms with Crippen LogP contribution in [0.1, 0.15) is 39.5 Å². The van der Waals surface area contributed by atoms with Crippen molar-refractivity contribution in [1.29, 1.82) is 0 Å². The molecule has 2 amide bonds. The van der Waals surface area contributed by atoms with Gasteiger partial charge in [0.05, 0.1) is 6.42 Å². The standard InChI is InChI=1S/C21H26N2O2/c1-14-6-5-7-19(10-14)21(25)22-13-17(4)23-20(24)12-18-9-8-15(2)16(3)11-18/h5-11,17H,12-13H2,1-4H3,(H,22,25)(H,23,24). The predicted octanol–water partition coefficient (Wildman–Crippen LogP) is 3.09. The molecule has 0 fully saturated rings. The number of rotatable bonds is 6. The molecule has 0 bridgehead atoms. The number of hydrogen-bond donors (Lipinski definition) is 2. The number of hydrogen-bond acceptors (Lipinski definition) is 2. The molecule has 0 spiro atoms. The Labute approximate surface area is 149 Å². The van der Waals surface area contributed by atoms with Crippen molar-refractivity contribution in [1.82, 2.24) is 10.6 Å². The fourth-order valence-electron chi connectivity index (χ4n) is 2.61. The highest BCUT2D eigenvalue weighted by atomic mass is 16.2. The SMILES string of the molecule is Cc1cccc(C(=O)NCC(C)NC(=O)Cc2ccc(C)c(C)c2)c1. The van der Waals surface area contributed by atoms with Crippen molar-refractivity contribution in [2.45, 2.75) is 40.2 Å². The van der Waals surface area contributed by atoms with Gasteiger partial charge in [-0.05, 0) is 56.5 Å². The van der Waals surface area contributed by atoms with Crippen LogP contribution in [0.2, 0.25) is 0 Å². The summed E-state index contributed by atoms with van der Waals surface area (Å²) in [5.41, 5.74) is 5.08. The molecule has 0 aliphatic heterocycles. The van der Waals surface area contributed by atoms with Crippen LogP contribution in [0, 0.1) is 20.8 Å². The van der Waals surface area contributed by atoms with Gasteiger partial charge in [-0.1, -0.05) is 35.9 Å². The third-order valence-electron chi connectivity index (χ3n) is 4.19. The van der Waals surface area contributed by atoms with Gasteiger partial charge in [-0.25, -0.2) is 0 Å². The summed E-state index contributed by atoms with van der Waals surface area (Å²) in [7, 11) is 0. The molecular formula is C21H26N2O2. The zero-order valence-electron chi connectivity index (χ0n) is 15.3. The predicted molar refractivity (Wildman–Crippen MR) is 101 cm³/mol. The monoisotopic (exact) mass is 338 g/mol. The van der Waals surface area contributed by atoms with E-state index in [2.05, 4.69) is 17.6 Å². The van der Waals surface area contributed by atoms with E-state index in [1.165, 1.54) is 11.1 Å². The van der Waals surface area contributed by atoms with Gasteiger partial charge in [0.2, 0.25) is 5.91 Å². The van der Waals surface area contributed by atoms with E-state index < -0.39 is 0 Å². The fourth-order valence-corrected chi connectivity index (χ4v) is 2.61. The zero-order chi connectivity index (χ0) is 18.4. The molecule has 2 aromatic rings. The number of nitrogens with one attached hydrogen (secondary N) is 2. The molecule has 4 heteroatoms. The molecule has 0 radical (unpaired) electrons. The van der Waals surface area contributed by atoms with Crippen LogP contribution in [0.5, 0.6) is 0 Å². The summed E-state index contributed by atoms with van der Waals surface area (Å²) in [6, 6.07) is 13.4. The first-order valence-electron chi connectivity index (χ1n) is 8.55. The number of amides is 2. The summed E-state index contributed by atoms with van der Waals surface area (Å²) in [6.07, 6.45) is 0.345. The van der Waals surface area contributed by atoms with Crippen molar-refractivity contribution in [3.8, 4) is 0 Å². The molecular weight excluding hydrogens is 312 g/mol. The molecule has 132 valence electrons. The average Bonchev–Trinajstić information content (AvgIpc) is 2.56. The lowest BCUT2D eigenvalue weighted by Gasteiger charge is -2.15. The summed E-state index contributed by atoms with van der Waals surface area (Å²) >= 11 is 0. The molecule has 25 heavy (non-hydrogen) atoms. The summed E-state index contributed by atoms with van der Waals surface area (Å²) in [5, 5.41) is 5.79. The molecule has 4 nitrogen and oxygen atoms in total. The van der Waals surface area contributed by atoms with Crippen LogP contribution >= 0.6 is 0 Å². The van der Waals surface area contributed by atoms with Crippen LogP contribution in [0.3, 0.4) is 0 Å². The molecule has 2 rings (SSSR count). The highest BCUT2D eigenvalue weighted by Gasteiger charge is 2.11. The largest absolute Gasteiger partial charge is 0.352 e. The second kappa shape index (κ2) is 8.47. The van der Waals surface area contributed by atoms with Gasteiger partial charge in [-0.3, -0.25) is 9.59 Å². The zero-order valence-corrected chi connectivity index (χ0v) is 15.3. The van der Waals surface area contributed by atoms with E-state index in [0.29, 0.717) is 18.5 Å². The molecule has 2 aromatic carbocycles. The molecule has 0 aliphatic rings. The Morgan fingerprint density at radius 2 is 1.76 bits per heavy atom. The Kier molecular flexibility index (Phi) is 6.34. The number of benzene rings is 2. The number of carbonyl (C=O) groups excluding carboxylic acids is 2. The van der Waals surface area contributed by atoms with Gasteiger partial charge in [0.15, 0.2) is 0 Å². The van der Waals surface area contributed by atoms with Crippen LogP contribution in [0.4, 0.5) is 0 Å². The van der Waals surface area contributed by atoms with Gasteiger partial charge in [0.25, 0.3) is 5.91 Å². The Hall–Kier alpha value is -2.62. The van der Waals surface area contributed by atoms with Crippen molar-refractivity contribution in [2.75, 3.05) is 6.54 Å². The Balaban J connectivity index is 1.81. The lowest BCUT2D eigenvalue weighted by Crippen LogP contribution is -2.42. The van der Waals surface area contributed by atoms with Crippen molar-refractivity contribution < 1.29 is 9.59 Å². The third kappa shape index (κ3) is 5.75. The first-order chi connectivity index (χ1) is 11.8. The molecule has 1 unspecified atom stereocenters. The van der Waals surface area contributed by atoms with E-state index in [-0.39, 0.29) is 17.9 Å². The molecule has 0 aliphatic carbocycles. The summed E-state index contributed by atoms with van der Waals surface area (Å²) < 4.78 is 0. The quantitative estimate of drug-likeness (QED) is 0.850. The van der Waals surface area contributed by atoms with Gasteiger partial charge in [-0.2, -0.15) is 0 Å². The van der Waals surface area contributed by atoms with Gasteiger partial charge < -0.3 is 10.6 Å². The van der Waals surface area contributed by atoms with Gasteiger partial charge >= 0.3 is 0 Å². The minimum atomic E-state index is -0.132. The first-order valence-corrected chi connectivity index (χ1v) is 8.55. The van der Waals surface area contributed by atoms with Gasteiger partial charge in [0.1, 0.15) is 0 Å². The second-order valence-electron chi connectivity index (χ2n) is 6.64. The summed E-state index contributed by atoms with van der Waals surface area (Å²) in [4.78, 5) is 24.3. The first kappa shape index (κ1) is 18.7. The van der Waals surface area contributed by atoms with Crippen LogP contribution in [0.25, 0.3) is 0 Å². The fraction of sp³-hybridized carbons (Fsp3) is 0.333. The van der Waals surface area contributed by atoms with Crippen molar-refractivity contribution in [3.63, 3.8) is 0 Å². The number of carbonyl (C=O) groups is 2. The third-order valence-corrected chi connectivity index (χ3v) is 4.19. The molecule has 0 aromatic heterocycles.